The molecule has 0 unspecified atom stereocenters. The summed E-state index contributed by atoms with van der Waals surface area (Å²) in [5, 5.41) is 0. The number of hydrogen-bond donors (Lipinski definition) is 0. The molecule has 70 valence electrons. The van der Waals surface area contributed by atoms with Crippen LogP contribution in [0.1, 0.15) is 19.0 Å². The van der Waals surface area contributed by atoms with Gasteiger partial charge in [0.2, 0.25) is 0 Å². The van der Waals surface area contributed by atoms with Gasteiger partial charge in [-0.15, -0.1) is 0 Å². The van der Waals surface area contributed by atoms with Crippen LogP contribution < -0.4 is 0 Å². The first kappa shape index (κ1) is 8.70. The SMILES string of the molecule is CCC1CN(Cc2ccccn2)C1. The Hall–Kier alpha value is -0.890. The van der Waals surface area contributed by atoms with Gasteiger partial charge in [0.15, 0.2) is 0 Å². The molecule has 2 heteroatoms. The summed E-state index contributed by atoms with van der Waals surface area (Å²) in [4.78, 5) is 6.76. The highest BCUT2D eigenvalue weighted by Gasteiger charge is 2.24. The van der Waals surface area contributed by atoms with Gasteiger partial charge in [-0.25, -0.2) is 0 Å². The van der Waals surface area contributed by atoms with Crippen LogP contribution in [0.3, 0.4) is 0 Å². The van der Waals surface area contributed by atoms with Crippen LogP contribution in [0.5, 0.6) is 0 Å². The summed E-state index contributed by atoms with van der Waals surface area (Å²) in [6.45, 7) is 5.81. The number of pyridine rings is 1. The smallest absolute Gasteiger partial charge is 0.0543 e. The molecule has 0 atom stereocenters. The molecular formula is C11H16N2. The van der Waals surface area contributed by atoms with E-state index >= 15 is 0 Å². The molecule has 0 N–H and O–H groups in total. The quantitative estimate of drug-likeness (QED) is 0.699. The van der Waals surface area contributed by atoms with Crippen molar-refractivity contribution in [3.63, 3.8) is 0 Å². The largest absolute Gasteiger partial charge is 0.297 e. The summed E-state index contributed by atoms with van der Waals surface area (Å²) in [5.41, 5.74) is 1.19. The standard InChI is InChI=1S/C11H16N2/c1-2-10-7-13(8-10)9-11-5-3-4-6-12-11/h3-6,10H,2,7-9H2,1H3. The maximum absolute atomic E-state index is 4.31. The van der Waals surface area contributed by atoms with Crippen molar-refractivity contribution in [1.29, 1.82) is 0 Å². The number of aromatic nitrogens is 1. The molecule has 0 aromatic carbocycles. The normalized spacial score (nSPS) is 18.5. The fraction of sp³-hybridized carbons (Fsp3) is 0.545. The van der Waals surface area contributed by atoms with Crippen molar-refractivity contribution in [2.45, 2.75) is 19.9 Å². The van der Waals surface area contributed by atoms with E-state index in [0.29, 0.717) is 0 Å². The minimum atomic E-state index is 0.934. The van der Waals surface area contributed by atoms with Crippen molar-refractivity contribution in [3.05, 3.63) is 30.1 Å². The summed E-state index contributed by atoms with van der Waals surface area (Å²) in [7, 11) is 0. The summed E-state index contributed by atoms with van der Waals surface area (Å²) in [6.07, 6.45) is 3.19. The predicted molar refractivity (Wildman–Crippen MR) is 53.3 cm³/mol. The first-order valence-electron chi connectivity index (χ1n) is 5.00. The molecule has 2 rings (SSSR count). The molecular weight excluding hydrogens is 160 g/mol. The van der Waals surface area contributed by atoms with Gasteiger partial charge in [0.05, 0.1) is 5.69 Å². The number of hydrogen-bond acceptors (Lipinski definition) is 2. The van der Waals surface area contributed by atoms with Gasteiger partial charge in [-0.2, -0.15) is 0 Å². The van der Waals surface area contributed by atoms with Gasteiger partial charge in [0.25, 0.3) is 0 Å². The molecule has 0 aliphatic carbocycles. The van der Waals surface area contributed by atoms with Gasteiger partial charge in [-0.3, -0.25) is 9.88 Å². The molecule has 0 saturated carbocycles. The summed E-state index contributed by atoms with van der Waals surface area (Å²) >= 11 is 0. The third-order valence-corrected chi connectivity index (χ3v) is 2.72. The zero-order valence-corrected chi connectivity index (χ0v) is 8.11. The van der Waals surface area contributed by atoms with Gasteiger partial charge in [-0.05, 0) is 18.1 Å². The van der Waals surface area contributed by atoms with Crippen LogP contribution in [0.15, 0.2) is 24.4 Å². The Kier molecular flexibility index (Phi) is 2.60. The molecule has 1 aromatic rings. The van der Waals surface area contributed by atoms with E-state index in [-0.39, 0.29) is 0 Å². The van der Waals surface area contributed by atoms with Crippen molar-refractivity contribution >= 4 is 0 Å². The van der Waals surface area contributed by atoms with Gasteiger partial charge in [0.1, 0.15) is 0 Å². The molecule has 2 heterocycles. The van der Waals surface area contributed by atoms with Gasteiger partial charge in [-0.1, -0.05) is 19.4 Å². The van der Waals surface area contributed by atoms with Crippen molar-refractivity contribution in [3.8, 4) is 0 Å². The Morgan fingerprint density at radius 3 is 2.92 bits per heavy atom. The molecule has 2 nitrogen and oxygen atoms in total. The molecule has 0 spiro atoms. The summed E-state index contributed by atoms with van der Waals surface area (Å²) in [6, 6.07) is 6.12. The van der Waals surface area contributed by atoms with E-state index in [9.17, 15) is 0 Å². The van der Waals surface area contributed by atoms with E-state index in [1.165, 1.54) is 25.2 Å². The van der Waals surface area contributed by atoms with Crippen LogP contribution >= 0.6 is 0 Å². The van der Waals surface area contributed by atoms with E-state index in [1.807, 2.05) is 12.3 Å². The minimum Gasteiger partial charge on any atom is -0.297 e. The van der Waals surface area contributed by atoms with E-state index in [4.69, 9.17) is 0 Å². The summed E-state index contributed by atoms with van der Waals surface area (Å²) < 4.78 is 0. The lowest BCUT2D eigenvalue weighted by Gasteiger charge is -2.38. The Labute approximate surface area is 79.6 Å². The Morgan fingerprint density at radius 2 is 2.31 bits per heavy atom. The highest BCUT2D eigenvalue weighted by Crippen LogP contribution is 2.19. The van der Waals surface area contributed by atoms with Crippen LogP contribution in [-0.4, -0.2) is 23.0 Å². The second-order valence-electron chi connectivity index (χ2n) is 3.79. The average molecular weight is 176 g/mol. The van der Waals surface area contributed by atoms with E-state index < -0.39 is 0 Å². The van der Waals surface area contributed by atoms with Crippen molar-refractivity contribution in [2.24, 2.45) is 5.92 Å². The number of likely N-dealkylation sites (tertiary alicyclic amines) is 1. The lowest BCUT2D eigenvalue weighted by atomic mass is 9.97. The van der Waals surface area contributed by atoms with Crippen molar-refractivity contribution in [2.75, 3.05) is 13.1 Å². The maximum Gasteiger partial charge on any atom is 0.0543 e. The van der Waals surface area contributed by atoms with Crippen LogP contribution in [0.4, 0.5) is 0 Å². The molecule has 1 aromatic heterocycles. The lowest BCUT2D eigenvalue weighted by Crippen LogP contribution is -2.45. The van der Waals surface area contributed by atoms with Gasteiger partial charge < -0.3 is 0 Å². The predicted octanol–water partition coefficient (Wildman–Crippen LogP) is 1.92. The summed E-state index contributed by atoms with van der Waals surface area (Å²) in [5.74, 6) is 0.934. The van der Waals surface area contributed by atoms with Gasteiger partial charge >= 0.3 is 0 Å². The fourth-order valence-electron chi connectivity index (χ4n) is 1.78. The van der Waals surface area contributed by atoms with Crippen LogP contribution in [-0.2, 0) is 6.54 Å². The Bertz CT molecular complexity index is 252. The number of rotatable bonds is 3. The first-order valence-corrected chi connectivity index (χ1v) is 5.00. The maximum atomic E-state index is 4.31. The second kappa shape index (κ2) is 3.88. The highest BCUT2D eigenvalue weighted by atomic mass is 15.2. The molecule has 0 bridgehead atoms. The average Bonchev–Trinajstić information content (AvgIpc) is 2.12. The third kappa shape index (κ3) is 2.07. The topological polar surface area (TPSA) is 16.1 Å². The first-order chi connectivity index (χ1) is 6.38. The van der Waals surface area contributed by atoms with Crippen LogP contribution in [0.2, 0.25) is 0 Å². The van der Waals surface area contributed by atoms with Crippen LogP contribution in [0, 0.1) is 5.92 Å². The zero-order chi connectivity index (χ0) is 9.10. The molecule has 0 radical (unpaired) electrons. The van der Waals surface area contributed by atoms with Crippen LogP contribution in [0.25, 0.3) is 0 Å². The Balaban J connectivity index is 1.81. The number of nitrogens with zero attached hydrogens (tertiary/aromatic N) is 2. The highest BCUT2D eigenvalue weighted by molar-refractivity contribution is 5.04. The molecule has 1 saturated heterocycles. The fourth-order valence-corrected chi connectivity index (χ4v) is 1.78. The lowest BCUT2D eigenvalue weighted by molar-refractivity contribution is 0.0885. The molecule has 1 fully saturated rings. The second-order valence-corrected chi connectivity index (χ2v) is 3.79. The van der Waals surface area contributed by atoms with Crippen molar-refractivity contribution < 1.29 is 0 Å². The Morgan fingerprint density at radius 1 is 1.46 bits per heavy atom. The molecule has 1 aliphatic heterocycles. The van der Waals surface area contributed by atoms with E-state index in [2.05, 4.69) is 28.9 Å². The third-order valence-electron chi connectivity index (χ3n) is 2.72. The van der Waals surface area contributed by atoms with Gasteiger partial charge in [0, 0.05) is 25.8 Å². The van der Waals surface area contributed by atoms with E-state index in [0.717, 1.165) is 12.5 Å². The van der Waals surface area contributed by atoms with E-state index in [1.54, 1.807) is 0 Å². The molecule has 0 amide bonds. The van der Waals surface area contributed by atoms with Crippen molar-refractivity contribution in [1.82, 2.24) is 9.88 Å². The minimum absolute atomic E-state index is 0.934. The zero-order valence-electron chi connectivity index (χ0n) is 8.11. The monoisotopic (exact) mass is 176 g/mol. The molecule has 1 aliphatic rings. The molecule has 13 heavy (non-hydrogen) atoms.